The van der Waals surface area contributed by atoms with Crippen molar-refractivity contribution in [2.24, 2.45) is 0 Å². The van der Waals surface area contributed by atoms with E-state index in [1.165, 1.54) is 11.6 Å². The van der Waals surface area contributed by atoms with Gasteiger partial charge in [0, 0.05) is 23.2 Å². The van der Waals surface area contributed by atoms with Crippen LogP contribution in [0.4, 0.5) is 0 Å². The third-order valence-electron chi connectivity index (χ3n) is 4.51. The maximum Gasteiger partial charge on any atom is 0.262 e. The van der Waals surface area contributed by atoms with Gasteiger partial charge in [0.25, 0.3) is 5.91 Å². The third kappa shape index (κ3) is 5.60. The van der Waals surface area contributed by atoms with E-state index in [-0.39, 0.29) is 5.57 Å². The molecular weight excluding hydrogens is 384 g/mol. The molecule has 2 aromatic carbocycles. The Balaban J connectivity index is 1.62. The minimum atomic E-state index is -0.405. The zero-order valence-corrected chi connectivity index (χ0v) is 16.9. The topological polar surface area (TPSA) is 66.0 Å². The Kier molecular flexibility index (Phi) is 6.89. The molecule has 0 saturated carbocycles. The van der Waals surface area contributed by atoms with Gasteiger partial charge in [0.05, 0.1) is 0 Å². The predicted octanol–water partition coefficient (Wildman–Crippen LogP) is 5.56. The molecule has 0 unspecified atom stereocenters. The fourth-order valence-electron chi connectivity index (χ4n) is 2.96. The molecule has 3 rings (SSSR count). The van der Waals surface area contributed by atoms with Crippen molar-refractivity contribution in [3.05, 3.63) is 88.1 Å². The summed E-state index contributed by atoms with van der Waals surface area (Å²) in [7, 11) is 0. The van der Waals surface area contributed by atoms with Crippen molar-refractivity contribution in [2.75, 3.05) is 6.54 Å². The standard InChI is InChI=1S/C24H21ClN2O2/c1-17-9-10-20(25)15-22(17)23-12-11-21(29-23)14-19(16-26)24(28)27-13-5-8-18-6-3-2-4-7-18/h2-4,6-7,9-12,14-15H,5,8,13H2,1H3,(H,27,28)/b19-14-. The Morgan fingerprint density at radius 1 is 1.17 bits per heavy atom. The summed E-state index contributed by atoms with van der Waals surface area (Å²) in [6.07, 6.45) is 3.12. The van der Waals surface area contributed by atoms with Crippen LogP contribution < -0.4 is 5.32 Å². The molecule has 0 aliphatic carbocycles. The van der Waals surface area contributed by atoms with Crippen LogP contribution in [0, 0.1) is 18.3 Å². The lowest BCUT2D eigenvalue weighted by Gasteiger charge is -2.04. The molecule has 1 amide bonds. The maximum atomic E-state index is 12.3. The van der Waals surface area contributed by atoms with Gasteiger partial charge in [-0.15, -0.1) is 0 Å². The molecule has 0 spiro atoms. The fourth-order valence-corrected chi connectivity index (χ4v) is 3.13. The number of carbonyl (C=O) groups is 1. The van der Waals surface area contributed by atoms with Crippen LogP contribution in [-0.2, 0) is 11.2 Å². The summed E-state index contributed by atoms with van der Waals surface area (Å²) in [5.41, 5.74) is 3.13. The number of hydrogen-bond donors (Lipinski definition) is 1. The highest BCUT2D eigenvalue weighted by molar-refractivity contribution is 6.30. The fraction of sp³-hybridized carbons (Fsp3) is 0.167. The molecule has 5 heteroatoms. The Hall–Kier alpha value is -3.29. The third-order valence-corrected chi connectivity index (χ3v) is 4.75. The predicted molar refractivity (Wildman–Crippen MR) is 115 cm³/mol. The van der Waals surface area contributed by atoms with E-state index in [1.54, 1.807) is 12.1 Å². The molecule has 0 saturated heterocycles. The lowest BCUT2D eigenvalue weighted by Crippen LogP contribution is -2.25. The number of benzene rings is 2. The largest absolute Gasteiger partial charge is 0.457 e. The molecule has 1 heterocycles. The lowest BCUT2D eigenvalue weighted by atomic mass is 10.1. The van der Waals surface area contributed by atoms with Crippen LogP contribution in [0.1, 0.15) is 23.3 Å². The van der Waals surface area contributed by atoms with Crippen LogP contribution in [0.2, 0.25) is 5.02 Å². The Morgan fingerprint density at radius 3 is 2.72 bits per heavy atom. The van der Waals surface area contributed by atoms with Gasteiger partial charge in [-0.2, -0.15) is 5.26 Å². The molecule has 0 aliphatic heterocycles. The van der Waals surface area contributed by atoms with Crippen molar-refractivity contribution in [3.63, 3.8) is 0 Å². The van der Waals surface area contributed by atoms with Gasteiger partial charge >= 0.3 is 0 Å². The van der Waals surface area contributed by atoms with Crippen LogP contribution >= 0.6 is 11.6 Å². The number of nitriles is 1. The Morgan fingerprint density at radius 2 is 1.97 bits per heavy atom. The zero-order valence-electron chi connectivity index (χ0n) is 16.1. The first-order valence-corrected chi connectivity index (χ1v) is 9.75. The van der Waals surface area contributed by atoms with Crippen LogP contribution in [-0.4, -0.2) is 12.5 Å². The highest BCUT2D eigenvalue weighted by Gasteiger charge is 2.12. The number of aryl methyl sites for hydroxylation is 2. The molecule has 1 N–H and O–H groups in total. The Bertz CT molecular complexity index is 1060. The summed E-state index contributed by atoms with van der Waals surface area (Å²) in [5, 5.41) is 12.8. The van der Waals surface area contributed by atoms with Gasteiger partial charge in [-0.3, -0.25) is 4.79 Å². The number of nitrogens with zero attached hydrogens (tertiary/aromatic N) is 1. The van der Waals surface area contributed by atoms with Crippen molar-refractivity contribution in [2.45, 2.75) is 19.8 Å². The van der Waals surface area contributed by atoms with E-state index in [2.05, 4.69) is 17.4 Å². The molecule has 0 bridgehead atoms. The summed E-state index contributed by atoms with van der Waals surface area (Å²) in [5.74, 6) is 0.671. The van der Waals surface area contributed by atoms with E-state index >= 15 is 0 Å². The minimum absolute atomic E-state index is 0.00780. The minimum Gasteiger partial charge on any atom is -0.457 e. The summed E-state index contributed by atoms with van der Waals surface area (Å²) in [6.45, 7) is 2.46. The molecular formula is C24H21ClN2O2. The van der Waals surface area contributed by atoms with Gasteiger partial charge in [-0.05, 0) is 55.2 Å². The highest BCUT2D eigenvalue weighted by Crippen LogP contribution is 2.28. The second-order valence-electron chi connectivity index (χ2n) is 6.68. The smallest absolute Gasteiger partial charge is 0.262 e. The summed E-state index contributed by atoms with van der Waals surface area (Å²) < 4.78 is 5.81. The number of halogens is 1. The van der Waals surface area contributed by atoms with Crippen molar-refractivity contribution in [1.29, 1.82) is 5.26 Å². The maximum absolute atomic E-state index is 12.3. The van der Waals surface area contributed by atoms with Crippen LogP contribution in [0.5, 0.6) is 0 Å². The van der Waals surface area contributed by atoms with Gasteiger partial charge in [0.1, 0.15) is 23.2 Å². The zero-order chi connectivity index (χ0) is 20.6. The Labute approximate surface area is 175 Å². The number of carbonyl (C=O) groups excluding carboxylic acids is 1. The number of furan rings is 1. The average Bonchev–Trinajstić information content (AvgIpc) is 3.20. The lowest BCUT2D eigenvalue weighted by molar-refractivity contribution is -0.117. The van der Waals surface area contributed by atoms with Gasteiger partial charge in [0.2, 0.25) is 0 Å². The SMILES string of the molecule is Cc1ccc(Cl)cc1-c1ccc(/C=C(/C#N)C(=O)NCCCc2ccccc2)o1. The first-order chi connectivity index (χ1) is 14.1. The molecule has 146 valence electrons. The van der Waals surface area contributed by atoms with Gasteiger partial charge in [-0.25, -0.2) is 0 Å². The van der Waals surface area contributed by atoms with E-state index in [1.807, 2.05) is 49.4 Å². The van der Waals surface area contributed by atoms with Crippen molar-refractivity contribution in [3.8, 4) is 17.4 Å². The van der Waals surface area contributed by atoms with E-state index in [4.69, 9.17) is 16.0 Å². The molecule has 0 radical (unpaired) electrons. The molecule has 29 heavy (non-hydrogen) atoms. The van der Waals surface area contributed by atoms with Crippen LogP contribution in [0.25, 0.3) is 17.4 Å². The van der Waals surface area contributed by atoms with Crippen LogP contribution in [0.3, 0.4) is 0 Å². The monoisotopic (exact) mass is 404 g/mol. The second kappa shape index (κ2) is 9.77. The number of amides is 1. The van der Waals surface area contributed by atoms with E-state index in [0.29, 0.717) is 23.1 Å². The first kappa shape index (κ1) is 20.4. The molecule has 1 aromatic heterocycles. The van der Waals surface area contributed by atoms with Crippen molar-refractivity contribution >= 4 is 23.6 Å². The summed E-state index contributed by atoms with van der Waals surface area (Å²) in [6, 6.07) is 21.1. The normalized spacial score (nSPS) is 11.1. The van der Waals surface area contributed by atoms with Gasteiger partial charge in [0.15, 0.2) is 0 Å². The summed E-state index contributed by atoms with van der Waals surface area (Å²) in [4.78, 5) is 12.3. The van der Waals surface area contributed by atoms with E-state index in [9.17, 15) is 10.1 Å². The molecule has 4 nitrogen and oxygen atoms in total. The molecule has 0 fully saturated rings. The van der Waals surface area contributed by atoms with E-state index in [0.717, 1.165) is 24.0 Å². The number of rotatable bonds is 7. The van der Waals surface area contributed by atoms with Crippen molar-refractivity contribution in [1.82, 2.24) is 5.32 Å². The number of hydrogen-bond acceptors (Lipinski definition) is 3. The first-order valence-electron chi connectivity index (χ1n) is 9.37. The molecule has 0 atom stereocenters. The van der Waals surface area contributed by atoms with Crippen LogP contribution in [0.15, 0.2) is 70.7 Å². The average molecular weight is 405 g/mol. The van der Waals surface area contributed by atoms with E-state index < -0.39 is 5.91 Å². The highest BCUT2D eigenvalue weighted by atomic mass is 35.5. The quantitative estimate of drug-likeness (QED) is 0.318. The van der Waals surface area contributed by atoms with Crippen molar-refractivity contribution < 1.29 is 9.21 Å². The van der Waals surface area contributed by atoms with Gasteiger partial charge in [-0.1, -0.05) is 48.0 Å². The molecule has 0 aliphatic rings. The van der Waals surface area contributed by atoms with Gasteiger partial charge < -0.3 is 9.73 Å². The molecule has 3 aromatic rings. The second-order valence-corrected chi connectivity index (χ2v) is 7.11. The summed E-state index contributed by atoms with van der Waals surface area (Å²) >= 11 is 6.07. The number of nitrogens with one attached hydrogen (secondary N) is 1.